The molecule has 70 valence electrons. The number of rotatable bonds is 6. The molecule has 0 radical (unpaired) electrons. The summed E-state index contributed by atoms with van der Waals surface area (Å²) in [6, 6.07) is 0. The molecule has 0 aliphatic heterocycles. The average Bonchev–Trinajstić information content (AvgIpc) is 2.02. The summed E-state index contributed by atoms with van der Waals surface area (Å²) in [7, 11) is 0. The lowest BCUT2D eigenvalue weighted by molar-refractivity contribution is -0.134. The van der Waals surface area contributed by atoms with Crippen LogP contribution < -0.4 is 11.1 Å². The molecule has 1 unspecified atom stereocenters. The van der Waals surface area contributed by atoms with E-state index in [4.69, 9.17) is 5.73 Å². The van der Waals surface area contributed by atoms with Crippen LogP contribution in [0.2, 0.25) is 0 Å². The van der Waals surface area contributed by atoms with Gasteiger partial charge in [0.1, 0.15) is 0 Å². The van der Waals surface area contributed by atoms with Crippen molar-refractivity contribution in [2.45, 2.75) is 26.0 Å². The molecule has 0 aliphatic rings. The highest BCUT2D eigenvalue weighted by atomic mass is 16.5. The second-order valence-electron chi connectivity index (χ2n) is 2.26. The first-order valence-electron chi connectivity index (χ1n) is 3.82. The molecule has 1 amide bonds. The quantitative estimate of drug-likeness (QED) is 0.414. The maximum absolute atomic E-state index is 10.8. The van der Waals surface area contributed by atoms with Gasteiger partial charge in [-0.15, -0.1) is 0 Å². The molecule has 5 heteroatoms. The molecule has 0 bridgehead atoms. The van der Waals surface area contributed by atoms with Crippen LogP contribution in [0, 0.1) is 0 Å². The van der Waals surface area contributed by atoms with E-state index in [-0.39, 0.29) is 18.8 Å². The molecular formula is C7H14N2O3. The lowest BCUT2D eigenvalue weighted by Gasteiger charge is -2.08. The van der Waals surface area contributed by atoms with Crippen LogP contribution >= 0.6 is 0 Å². The Morgan fingerprint density at radius 1 is 1.75 bits per heavy atom. The van der Waals surface area contributed by atoms with Crippen molar-refractivity contribution in [3.63, 3.8) is 0 Å². The van der Waals surface area contributed by atoms with Crippen LogP contribution in [0.1, 0.15) is 19.8 Å². The molecule has 5 nitrogen and oxygen atoms in total. The normalized spacial score (nSPS) is 11.8. The SMILES string of the molecule is CCNC(=O)CCC(N)OC=O. The molecule has 0 aromatic carbocycles. The Kier molecular flexibility index (Phi) is 6.00. The van der Waals surface area contributed by atoms with Crippen LogP contribution in [0.15, 0.2) is 0 Å². The zero-order valence-electron chi connectivity index (χ0n) is 7.08. The molecule has 0 fully saturated rings. The second-order valence-corrected chi connectivity index (χ2v) is 2.26. The second kappa shape index (κ2) is 6.60. The standard InChI is InChI=1S/C7H14N2O3/c1-2-9-7(11)4-3-6(8)12-5-10/h5-6H,2-4,8H2,1H3,(H,9,11). The van der Waals surface area contributed by atoms with Gasteiger partial charge in [0.15, 0.2) is 6.23 Å². The molecule has 3 N–H and O–H groups in total. The van der Waals surface area contributed by atoms with Crippen molar-refractivity contribution in [3.05, 3.63) is 0 Å². The van der Waals surface area contributed by atoms with E-state index in [0.29, 0.717) is 13.0 Å². The summed E-state index contributed by atoms with van der Waals surface area (Å²) >= 11 is 0. The van der Waals surface area contributed by atoms with E-state index in [9.17, 15) is 9.59 Å². The van der Waals surface area contributed by atoms with Crippen molar-refractivity contribution in [2.24, 2.45) is 5.73 Å². The van der Waals surface area contributed by atoms with Gasteiger partial charge in [-0.2, -0.15) is 0 Å². The summed E-state index contributed by atoms with van der Waals surface area (Å²) in [5.74, 6) is -0.0811. The van der Waals surface area contributed by atoms with Gasteiger partial charge in [-0.3, -0.25) is 15.3 Å². The van der Waals surface area contributed by atoms with E-state index in [2.05, 4.69) is 10.1 Å². The number of hydrogen-bond donors (Lipinski definition) is 2. The van der Waals surface area contributed by atoms with Crippen molar-refractivity contribution < 1.29 is 14.3 Å². The number of carbonyl (C=O) groups excluding carboxylic acids is 2. The van der Waals surface area contributed by atoms with Crippen molar-refractivity contribution in [2.75, 3.05) is 6.54 Å². The Labute approximate surface area is 71.3 Å². The van der Waals surface area contributed by atoms with Crippen LogP contribution in [0.4, 0.5) is 0 Å². The summed E-state index contributed by atoms with van der Waals surface area (Å²) in [5.41, 5.74) is 5.30. The fourth-order valence-corrected chi connectivity index (χ4v) is 0.698. The summed E-state index contributed by atoms with van der Waals surface area (Å²) in [6.07, 6.45) is -0.0435. The van der Waals surface area contributed by atoms with Gasteiger partial charge in [0.25, 0.3) is 6.47 Å². The zero-order valence-corrected chi connectivity index (χ0v) is 7.08. The van der Waals surface area contributed by atoms with Crippen LogP contribution in [-0.2, 0) is 14.3 Å². The number of carbonyl (C=O) groups is 2. The molecule has 0 saturated heterocycles. The van der Waals surface area contributed by atoms with E-state index < -0.39 is 6.23 Å². The summed E-state index contributed by atoms with van der Waals surface area (Å²) in [4.78, 5) is 20.6. The molecule has 0 rings (SSSR count). The van der Waals surface area contributed by atoms with Gasteiger partial charge >= 0.3 is 0 Å². The lowest BCUT2D eigenvalue weighted by Crippen LogP contribution is -2.28. The minimum Gasteiger partial charge on any atom is -0.449 e. The molecule has 0 heterocycles. The molecule has 1 atom stereocenters. The smallest absolute Gasteiger partial charge is 0.294 e. The van der Waals surface area contributed by atoms with Crippen LogP contribution in [-0.4, -0.2) is 25.2 Å². The van der Waals surface area contributed by atoms with E-state index in [1.165, 1.54) is 0 Å². The highest BCUT2D eigenvalue weighted by Gasteiger charge is 2.05. The molecular weight excluding hydrogens is 160 g/mol. The van der Waals surface area contributed by atoms with Gasteiger partial charge in [-0.05, 0) is 6.92 Å². The van der Waals surface area contributed by atoms with Crippen molar-refractivity contribution in [3.8, 4) is 0 Å². The summed E-state index contributed by atoms with van der Waals surface area (Å²) < 4.78 is 4.39. The number of nitrogens with one attached hydrogen (secondary N) is 1. The maximum atomic E-state index is 10.8. The van der Waals surface area contributed by atoms with Crippen LogP contribution in [0.3, 0.4) is 0 Å². The number of amides is 1. The number of nitrogens with two attached hydrogens (primary N) is 1. The maximum Gasteiger partial charge on any atom is 0.294 e. The Hall–Kier alpha value is -1.10. The van der Waals surface area contributed by atoms with E-state index in [1.807, 2.05) is 6.92 Å². The molecule has 0 spiro atoms. The molecule has 12 heavy (non-hydrogen) atoms. The predicted molar refractivity (Wildman–Crippen MR) is 43.0 cm³/mol. The third-order valence-corrected chi connectivity index (χ3v) is 1.26. The zero-order chi connectivity index (χ0) is 9.40. The highest BCUT2D eigenvalue weighted by molar-refractivity contribution is 5.75. The van der Waals surface area contributed by atoms with Crippen molar-refractivity contribution >= 4 is 12.4 Å². The van der Waals surface area contributed by atoms with Gasteiger partial charge in [0.2, 0.25) is 5.91 Å². The Bertz CT molecular complexity index is 150. The topological polar surface area (TPSA) is 81.4 Å². The number of ether oxygens (including phenoxy) is 1. The van der Waals surface area contributed by atoms with Crippen molar-refractivity contribution in [1.82, 2.24) is 5.32 Å². The van der Waals surface area contributed by atoms with E-state index in [0.717, 1.165) is 0 Å². The fourth-order valence-electron chi connectivity index (χ4n) is 0.698. The van der Waals surface area contributed by atoms with Gasteiger partial charge in [0, 0.05) is 19.4 Å². The molecule has 0 saturated carbocycles. The summed E-state index contributed by atoms with van der Waals surface area (Å²) in [6.45, 7) is 2.71. The molecule has 0 aromatic rings. The minimum atomic E-state index is -0.676. The van der Waals surface area contributed by atoms with Gasteiger partial charge in [0.05, 0.1) is 0 Å². The molecule has 0 aliphatic carbocycles. The van der Waals surface area contributed by atoms with Crippen LogP contribution in [0.25, 0.3) is 0 Å². The third-order valence-electron chi connectivity index (χ3n) is 1.26. The van der Waals surface area contributed by atoms with Crippen LogP contribution in [0.5, 0.6) is 0 Å². The Balaban J connectivity index is 3.39. The highest BCUT2D eigenvalue weighted by Crippen LogP contribution is 1.94. The van der Waals surface area contributed by atoms with Gasteiger partial charge in [-0.1, -0.05) is 0 Å². The first-order chi connectivity index (χ1) is 5.70. The largest absolute Gasteiger partial charge is 0.449 e. The Morgan fingerprint density at radius 3 is 2.92 bits per heavy atom. The third kappa shape index (κ3) is 5.67. The fraction of sp³-hybridized carbons (Fsp3) is 0.714. The number of hydrogen-bond acceptors (Lipinski definition) is 4. The van der Waals surface area contributed by atoms with Gasteiger partial charge in [-0.25, -0.2) is 0 Å². The van der Waals surface area contributed by atoms with Crippen molar-refractivity contribution in [1.29, 1.82) is 0 Å². The summed E-state index contributed by atoms with van der Waals surface area (Å²) in [5, 5.41) is 2.60. The lowest BCUT2D eigenvalue weighted by atomic mass is 10.3. The average molecular weight is 174 g/mol. The van der Waals surface area contributed by atoms with Gasteiger partial charge < -0.3 is 10.1 Å². The monoisotopic (exact) mass is 174 g/mol. The molecule has 0 aromatic heterocycles. The minimum absolute atomic E-state index is 0.0811. The van der Waals surface area contributed by atoms with E-state index >= 15 is 0 Å². The van der Waals surface area contributed by atoms with E-state index in [1.54, 1.807) is 0 Å². The Morgan fingerprint density at radius 2 is 2.42 bits per heavy atom. The predicted octanol–water partition coefficient (Wildman–Crippen LogP) is -0.639. The first kappa shape index (κ1) is 10.9. The first-order valence-corrected chi connectivity index (χ1v) is 3.82.